The van der Waals surface area contributed by atoms with E-state index < -0.39 is 0 Å². The van der Waals surface area contributed by atoms with E-state index in [9.17, 15) is 5.11 Å². The molecule has 0 aliphatic carbocycles. The summed E-state index contributed by atoms with van der Waals surface area (Å²) in [5.41, 5.74) is 10.8. The summed E-state index contributed by atoms with van der Waals surface area (Å²) >= 11 is 3.62. The third kappa shape index (κ3) is 3.12. The molecule has 5 rings (SSSR count). The molecule has 0 amide bonds. The van der Waals surface area contributed by atoms with Crippen molar-refractivity contribution in [1.82, 2.24) is 24.9 Å². The smallest absolute Gasteiger partial charge is 0.165 e. The number of nitrogen functional groups attached to an aromatic ring is 1. The Morgan fingerprint density at radius 1 is 1.27 bits per heavy atom. The Balaban J connectivity index is 1.59. The molecule has 3 aromatic heterocycles. The molecule has 1 aromatic carbocycles. The molecule has 0 spiro atoms. The van der Waals surface area contributed by atoms with Gasteiger partial charge in [-0.15, -0.1) is 0 Å². The zero-order valence-corrected chi connectivity index (χ0v) is 17.8. The third-order valence-electron chi connectivity index (χ3n) is 5.75. The van der Waals surface area contributed by atoms with Gasteiger partial charge in [-0.3, -0.25) is 4.98 Å². The van der Waals surface area contributed by atoms with Crippen molar-refractivity contribution in [2.24, 2.45) is 0 Å². The second kappa shape index (κ2) is 7.37. The van der Waals surface area contributed by atoms with Crippen molar-refractivity contribution < 1.29 is 5.11 Å². The van der Waals surface area contributed by atoms with E-state index in [1.165, 1.54) is 0 Å². The summed E-state index contributed by atoms with van der Waals surface area (Å²) < 4.78 is 2.42. The predicted octanol–water partition coefficient (Wildman–Crippen LogP) is 4.20. The van der Waals surface area contributed by atoms with E-state index >= 15 is 0 Å². The summed E-state index contributed by atoms with van der Waals surface area (Å²) in [5.74, 6) is 0.862. The Bertz CT molecular complexity index is 1280. The van der Waals surface area contributed by atoms with Crippen LogP contribution in [-0.2, 0) is 0 Å². The van der Waals surface area contributed by atoms with E-state index in [2.05, 4.69) is 44.0 Å². The quantitative estimate of drug-likeness (QED) is 0.392. The summed E-state index contributed by atoms with van der Waals surface area (Å²) in [7, 11) is 0. The van der Waals surface area contributed by atoms with E-state index in [4.69, 9.17) is 10.7 Å². The number of piperidine rings is 1. The number of aliphatic hydroxyl groups excluding tert-OH is 1. The van der Waals surface area contributed by atoms with E-state index in [-0.39, 0.29) is 17.7 Å². The molecule has 1 saturated heterocycles. The Kier molecular flexibility index (Phi) is 4.67. The number of hydrogen-bond donors (Lipinski definition) is 3. The zero-order valence-electron chi connectivity index (χ0n) is 16.2. The highest BCUT2D eigenvalue weighted by Gasteiger charge is 2.28. The van der Waals surface area contributed by atoms with Crippen LogP contribution in [0.4, 0.5) is 5.82 Å². The molecule has 2 atom stereocenters. The normalized spacial score (nSPS) is 19.4. The molecule has 0 radical (unpaired) electrons. The van der Waals surface area contributed by atoms with Crippen LogP contribution in [0.3, 0.4) is 0 Å². The molecule has 1 aliphatic heterocycles. The molecule has 7 nitrogen and oxygen atoms in total. The third-order valence-corrected chi connectivity index (χ3v) is 6.57. The lowest BCUT2D eigenvalue weighted by molar-refractivity contribution is 0.293. The number of rotatable bonds is 3. The predicted molar refractivity (Wildman–Crippen MR) is 121 cm³/mol. The number of anilines is 1. The maximum absolute atomic E-state index is 9.66. The maximum atomic E-state index is 9.66. The fourth-order valence-corrected chi connectivity index (χ4v) is 4.66. The Morgan fingerprint density at radius 2 is 2.10 bits per heavy atom. The highest BCUT2D eigenvalue weighted by molar-refractivity contribution is 9.10. The SMILES string of the molecule is C=C(O)C1CCC(c2nc3c(-c4cnc5ccccc5c4)cnn3c(N)c2Br)CN1. The van der Waals surface area contributed by atoms with Gasteiger partial charge in [0, 0.05) is 35.2 Å². The van der Waals surface area contributed by atoms with E-state index in [0.29, 0.717) is 18.0 Å². The van der Waals surface area contributed by atoms with Gasteiger partial charge < -0.3 is 16.2 Å². The van der Waals surface area contributed by atoms with E-state index in [1.54, 1.807) is 10.7 Å². The molecule has 0 saturated carbocycles. The van der Waals surface area contributed by atoms with Crippen LogP contribution >= 0.6 is 15.9 Å². The number of benzene rings is 1. The maximum Gasteiger partial charge on any atom is 0.165 e. The topological polar surface area (TPSA) is 101 Å². The van der Waals surface area contributed by atoms with Crippen molar-refractivity contribution in [1.29, 1.82) is 0 Å². The molecule has 8 heteroatoms. The second-order valence-electron chi connectivity index (χ2n) is 7.63. The number of nitrogens with two attached hydrogens (primary N) is 1. The second-order valence-corrected chi connectivity index (χ2v) is 8.43. The first-order valence-corrected chi connectivity index (χ1v) is 10.6. The van der Waals surface area contributed by atoms with Crippen LogP contribution in [-0.4, -0.2) is 37.3 Å². The van der Waals surface area contributed by atoms with Crippen molar-refractivity contribution in [3.63, 3.8) is 0 Å². The fraction of sp³-hybridized carbons (Fsp3) is 0.227. The first kappa shape index (κ1) is 19.0. The average molecular weight is 465 g/mol. The minimum absolute atomic E-state index is 0.0738. The van der Waals surface area contributed by atoms with E-state index in [1.807, 2.05) is 30.5 Å². The molecule has 4 aromatic rings. The van der Waals surface area contributed by atoms with E-state index in [0.717, 1.165) is 45.0 Å². The van der Waals surface area contributed by atoms with Crippen LogP contribution in [0.2, 0.25) is 0 Å². The number of nitrogens with one attached hydrogen (secondary N) is 1. The molecule has 30 heavy (non-hydrogen) atoms. The molecule has 1 fully saturated rings. The number of nitrogens with zero attached hydrogens (tertiary/aromatic N) is 4. The lowest BCUT2D eigenvalue weighted by atomic mass is 9.91. The molecule has 2 unspecified atom stereocenters. The van der Waals surface area contributed by atoms with Gasteiger partial charge >= 0.3 is 0 Å². The van der Waals surface area contributed by atoms with Gasteiger partial charge in [-0.1, -0.05) is 24.8 Å². The highest BCUT2D eigenvalue weighted by Crippen LogP contribution is 2.36. The lowest BCUT2D eigenvalue weighted by Gasteiger charge is -2.29. The van der Waals surface area contributed by atoms with Crippen LogP contribution in [0.25, 0.3) is 27.7 Å². The minimum Gasteiger partial charge on any atom is -0.511 e. The molecule has 152 valence electrons. The monoisotopic (exact) mass is 464 g/mol. The van der Waals surface area contributed by atoms with Crippen LogP contribution in [0.5, 0.6) is 0 Å². The number of fused-ring (bicyclic) bond motifs is 2. The van der Waals surface area contributed by atoms with Gasteiger partial charge in [0.15, 0.2) is 5.65 Å². The Morgan fingerprint density at radius 3 is 2.87 bits per heavy atom. The van der Waals surface area contributed by atoms with Crippen LogP contribution in [0.1, 0.15) is 24.5 Å². The molecule has 4 heterocycles. The van der Waals surface area contributed by atoms with Gasteiger partial charge in [-0.2, -0.15) is 9.61 Å². The van der Waals surface area contributed by atoms with Crippen molar-refractivity contribution >= 4 is 38.3 Å². The van der Waals surface area contributed by atoms with Gasteiger partial charge in [-0.05, 0) is 40.9 Å². The van der Waals surface area contributed by atoms with Crippen LogP contribution in [0, 0.1) is 0 Å². The summed E-state index contributed by atoms with van der Waals surface area (Å²) in [4.78, 5) is 9.54. The number of halogens is 1. The van der Waals surface area contributed by atoms with Gasteiger partial charge in [-0.25, -0.2) is 4.98 Å². The zero-order chi connectivity index (χ0) is 20.8. The number of aliphatic hydroxyl groups is 1. The standard InChI is InChI=1S/C22H21BrN6O/c1-12(30)17-7-6-14(9-25-17)20-19(23)21(24)29-22(28-20)16(11-27-29)15-8-13-4-2-3-5-18(13)26-10-15/h2-5,8,10-11,14,17,25,30H,1,6-7,9,24H2. The highest BCUT2D eigenvalue weighted by atomic mass is 79.9. The number of pyridine rings is 1. The fourth-order valence-electron chi connectivity index (χ4n) is 4.08. The summed E-state index contributed by atoms with van der Waals surface area (Å²) in [6.45, 7) is 4.33. The minimum atomic E-state index is -0.0738. The molecular formula is C22H21BrN6O. The van der Waals surface area contributed by atoms with Crippen molar-refractivity contribution in [3.05, 3.63) is 65.2 Å². The average Bonchev–Trinajstić information content (AvgIpc) is 3.20. The number of hydrogen-bond acceptors (Lipinski definition) is 6. The van der Waals surface area contributed by atoms with Crippen molar-refractivity contribution in [2.75, 3.05) is 12.3 Å². The summed E-state index contributed by atoms with van der Waals surface area (Å²) in [5, 5.41) is 18.5. The largest absolute Gasteiger partial charge is 0.511 e. The van der Waals surface area contributed by atoms with Gasteiger partial charge in [0.05, 0.1) is 27.9 Å². The molecular weight excluding hydrogens is 444 g/mol. The summed E-state index contributed by atoms with van der Waals surface area (Å²) in [6.07, 6.45) is 5.30. The van der Waals surface area contributed by atoms with Gasteiger partial charge in [0.25, 0.3) is 0 Å². The van der Waals surface area contributed by atoms with Crippen molar-refractivity contribution in [3.8, 4) is 11.1 Å². The number of aromatic nitrogens is 4. The Hall–Kier alpha value is -2.97. The van der Waals surface area contributed by atoms with Crippen LogP contribution in [0.15, 0.2) is 59.5 Å². The molecule has 0 bridgehead atoms. The van der Waals surface area contributed by atoms with Crippen LogP contribution < -0.4 is 11.1 Å². The lowest BCUT2D eigenvalue weighted by Crippen LogP contribution is -2.39. The first-order chi connectivity index (χ1) is 14.5. The van der Waals surface area contributed by atoms with Gasteiger partial charge in [0.1, 0.15) is 11.6 Å². The van der Waals surface area contributed by atoms with Crippen molar-refractivity contribution in [2.45, 2.75) is 24.8 Å². The molecule has 1 aliphatic rings. The first-order valence-electron chi connectivity index (χ1n) is 9.82. The summed E-state index contributed by atoms with van der Waals surface area (Å²) in [6, 6.07) is 10.0. The molecule has 4 N–H and O–H groups in total. The number of para-hydroxylation sites is 1. The van der Waals surface area contributed by atoms with Gasteiger partial charge in [0.2, 0.25) is 0 Å². The Labute approximate surface area is 181 Å².